The smallest absolute Gasteiger partial charge is 0.316 e. The molecule has 0 aromatic heterocycles. The Labute approximate surface area is 105 Å². The van der Waals surface area contributed by atoms with Crippen molar-refractivity contribution < 1.29 is 9.59 Å². The minimum absolute atomic E-state index is 0.145. The summed E-state index contributed by atoms with van der Waals surface area (Å²) in [5.41, 5.74) is 0. The molecule has 18 heavy (non-hydrogen) atoms. The Morgan fingerprint density at radius 1 is 0.778 bits per heavy atom. The third-order valence-electron chi connectivity index (χ3n) is 5.18. The lowest BCUT2D eigenvalue weighted by atomic mass is 9.79. The van der Waals surface area contributed by atoms with Gasteiger partial charge in [0.25, 0.3) is 0 Å². The highest BCUT2D eigenvalue weighted by molar-refractivity contribution is 5.80. The van der Waals surface area contributed by atoms with E-state index < -0.39 is 0 Å². The lowest BCUT2D eigenvalue weighted by molar-refractivity contribution is 0.147. The van der Waals surface area contributed by atoms with Crippen molar-refractivity contribution >= 4 is 12.1 Å². The van der Waals surface area contributed by atoms with Crippen molar-refractivity contribution in [2.75, 3.05) is 0 Å². The number of carbonyl (C=O) groups is 2. The highest BCUT2D eigenvalue weighted by atomic mass is 16.2. The molecular formula is C12H18N4O2. The Morgan fingerprint density at radius 3 is 1.78 bits per heavy atom. The molecule has 0 aromatic rings. The lowest BCUT2D eigenvalue weighted by Crippen LogP contribution is -2.72. The van der Waals surface area contributed by atoms with Crippen molar-refractivity contribution in [2.24, 2.45) is 17.8 Å². The first-order chi connectivity index (χ1) is 8.74. The lowest BCUT2D eigenvalue weighted by Gasteiger charge is -2.42. The van der Waals surface area contributed by atoms with Crippen LogP contribution in [0.2, 0.25) is 0 Å². The summed E-state index contributed by atoms with van der Waals surface area (Å²) < 4.78 is 0. The first-order valence-corrected chi connectivity index (χ1v) is 6.88. The number of rotatable bonds is 0. The van der Waals surface area contributed by atoms with Crippen LogP contribution in [0.1, 0.15) is 25.7 Å². The van der Waals surface area contributed by atoms with Crippen LogP contribution in [-0.4, -0.2) is 30.3 Å². The Kier molecular flexibility index (Phi) is 2.05. The first-order valence-electron chi connectivity index (χ1n) is 6.88. The quantitative estimate of drug-likeness (QED) is 0.492. The molecule has 0 spiro atoms. The SMILES string of the molecule is O=C1NC2NC(=O)NC3C4CCCCC4C(N1)C23. The Balaban J connectivity index is 1.72. The maximum Gasteiger partial charge on any atom is 0.316 e. The van der Waals surface area contributed by atoms with Crippen LogP contribution in [0.4, 0.5) is 9.59 Å². The number of nitrogens with one attached hydrogen (secondary N) is 4. The molecule has 4 atom stereocenters. The molecular weight excluding hydrogens is 232 g/mol. The number of fused-ring (bicyclic) bond motifs is 3. The van der Waals surface area contributed by atoms with E-state index >= 15 is 0 Å². The van der Waals surface area contributed by atoms with Gasteiger partial charge < -0.3 is 21.3 Å². The van der Waals surface area contributed by atoms with Crippen LogP contribution in [0.15, 0.2) is 0 Å². The second kappa shape index (κ2) is 3.52. The van der Waals surface area contributed by atoms with Gasteiger partial charge in [-0.3, -0.25) is 0 Å². The van der Waals surface area contributed by atoms with Crippen LogP contribution in [-0.2, 0) is 0 Å². The van der Waals surface area contributed by atoms with Gasteiger partial charge in [-0.15, -0.1) is 0 Å². The minimum atomic E-state index is -0.201. The maximum atomic E-state index is 11.7. The van der Waals surface area contributed by atoms with Gasteiger partial charge in [-0.2, -0.15) is 0 Å². The molecule has 0 bridgehead atoms. The van der Waals surface area contributed by atoms with Crippen LogP contribution in [0.25, 0.3) is 0 Å². The highest BCUT2D eigenvalue weighted by Gasteiger charge is 2.58. The van der Waals surface area contributed by atoms with Gasteiger partial charge in [0.1, 0.15) is 6.17 Å². The summed E-state index contributed by atoms with van der Waals surface area (Å²) in [6, 6.07) is 0.140. The van der Waals surface area contributed by atoms with E-state index in [0.29, 0.717) is 11.8 Å². The summed E-state index contributed by atoms with van der Waals surface area (Å²) >= 11 is 0. The van der Waals surface area contributed by atoms with Crippen molar-refractivity contribution in [3.05, 3.63) is 0 Å². The van der Waals surface area contributed by atoms with E-state index in [1.54, 1.807) is 0 Å². The molecule has 98 valence electrons. The van der Waals surface area contributed by atoms with Gasteiger partial charge in [-0.25, -0.2) is 9.59 Å². The van der Waals surface area contributed by atoms with Gasteiger partial charge in [0.05, 0.1) is 0 Å². The third-order valence-corrected chi connectivity index (χ3v) is 5.18. The molecule has 2 aliphatic carbocycles. The summed E-state index contributed by atoms with van der Waals surface area (Å²) in [6.07, 6.45) is 4.63. The van der Waals surface area contributed by atoms with Gasteiger partial charge in [0, 0.05) is 18.0 Å². The van der Waals surface area contributed by atoms with Crippen LogP contribution >= 0.6 is 0 Å². The molecule has 4 fully saturated rings. The van der Waals surface area contributed by atoms with E-state index in [0.717, 1.165) is 0 Å². The molecule has 4 rings (SSSR count). The summed E-state index contributed by atoms with van der Waals surface area (Å²) in [5.74, 6) is 1.35. The zero-order valence-corrected chi connectivity index (χ0v) is 10.1. The number of amides is 4. The zero-order valence-electron chi connectivity index (χ0n) is 10.1. The van der Waals surface area contributed by atoms with Gasteiger partial charge >= 0.3 is 12.1 Å². The molecule has 0 aromatic carbocycles. The number of hydrogen-bond acceptors (Lipinski definition) is 2. The molecule has 4 unspecified atom stereocenters. The standard InChI is InChI=1S/C12H18N4O2/c17-11-13-8-5-3-1-2-4-6(5)9-7(8)10(15-11)16-12(18)14-9/h5-10H,1-4H2,(H2,13,15,17)(H2,14,16,18). The van der Waals surface area contributed by atoms with Gasteiger partial charge in [0.2, 0.25) is 0 Å². The molecule has 0 radical (unpaired) electrons. The van der Waals surface area contributed by atoms with Crippen molar-refractivity contribution in [1.82, 2.24) is 21.3 Å². The molecule has 4 aliphatic rings. The molecule has 2 heterocycles. The predicted molar refractivity (Wildman–Crippen MR) is 63.6 cm³/mol. The van der Waals surface area contributed by atoms with Gasteiger partial charge in [0.15, 0.2) is 0 Å². The summed E-state index contributed by atoms with van der Waals surface area (Å²) in [7, 11) is 0. The second-order valence-corrected chi connectivity index (χ2v) is 5.95. The molecule has 6 nitrogen and oxygen atoms in total. The zero-order chi connectivity index (χ0) is 12.3. The van der Waals surface area contributed by atoms with Crippen molar-refractivity contribution in [2.45, 2.75) is 43.9 Å². The molecule has 4 N–H and O–H groups in total. The normalized spacial score (nSPS) is 49.1. The predicted octanol–water partition coefficient (Wildman–Crippen LogP) is 0.111. The van der Waals surface area contributed by atoms with Gasteiger partial charge in [-0.1, -0.05) is 12.8 Å². The second-order valence-electron chi connectivity index (χ2n) is 5.95. The first kappa shape index (κ1) is 10.5. The van der Waals surface area contributed by atoms with Gasteiger partial charge in [-0.05, 0) is 24.7 Å². The Morgan fingerprint density at radius 2 is 1.28 bits per heavy atom. The fraction of sp³-hybridized carbons (Fsp3) is 0.833. The molecule has 2 saturated carbocycles. The van der Waals surface area contributed by atoms with E-state index in [1.807, 2.05) is 0 Å². The number of carbonyl (C=O) groups excluding carboxylic acids is 2. The summed E-state index contributed by atoms with van der Waals surface area (Å²) in [6.45, 7) is 0. The Bertz CT molecular complexity index is 377. The average Bonchev–Trinajstić information content (AvgIpc) is 2.65. The highest BCUT2D eigenvalue weighted by Crippen LogP contribution is 2.47. The molecule has 2 aliphatic heterocycles. The van der Waals surface area contributed by atoms with E-state index in [4.69, 9.17) is 0 Å². The largest absolute Gasteiger partial charge is 0.335 e. The number of urea groups is 2. The van der Waals surface area contributed by atoms with Crippen molar-refractivity contribution in [3.8, 4) is 0 Å². The third kappa shape index (κ3) is 1.29. The maximum absolute atomic E-state index is 11.7. The Hall–Kier alpha value is -1.46. The summed E-state index contributed by atoms with van der Waals surface area (Å²) in [4.78, 5) is 23.4. The van der Waals surface area contributed by atoms with Crippen LogP contribution in [0, 0.1) is 17.8 Å². The van der Waals surface area contributed by atoms with Crippen LogP contribution < -0.4 is 21.3 Å². The van der Waals surface area contributed by atoms with Crippen LogP contribution in [0.5, 0.6) is 0 Å². The average molecular weight is 250 g/mol. The minimum Gasteiger partial charge on any atom is -0.335 e. The monoisotopic (exact) mass is 250 g/mol. The summed E-state index contributed by atoms with van der Waals surface area (Å²) in [5, 5.41) is 11.8. The topological polar surface area (TPSA) is 82.3 Å². The van der Waals surface area contributed by atoms with Crippen molar-refractivity contribution in [3.63, 3.8) is 0 Å². The van der Waals surface area contributed by atoms with E-state index in [1.165, 1.54) is 25.7 Å². The fourth-order valence-corrected chi connectivity index (χ4v) is 4.59. The van der Waals surface area contributed by atoms with E-state index in [2.05, 4.69) is 21.3 Å². The van der Waals surface area contributed by atoms with E-state index in [9.17, 15) is 9.59 Å². The molecule has 6 heteroatoms. The fourth-order valence-electron chi connectivity index (χ4n) is 4.59. The van der Waals surface area contributed by atoms with Crippen molar-refractivity contribution in [1.29, 1.82) is 0 Å². The molecule has 2 saturated heterocycles. The van der Waals surface area contributed by atoms with E-state index in [-0.39, 0.29) is 36.2 Å². The number of hydrogen-bond donors (Lipinski definition) is 4. The van der Waals surface area contributed by atoms with Crippen LogP contribution in [0.3, 0.4) is 0 Å². The molecule has 4 amide bonds.